The predicted octanol–water partition coefficient (Wildman–Crippen LogP) is 3.69. The maximum Gasteiger partial charge on any atom is 0.0386 e. The van der Waals surface area contributed by atoms with Crippen LogP contribution >= 0.6 is 11.3 Å². The van der Waals surface area contributed by atoms with Gasteiger partial charge in [0.25, 0.3) is 0 Å². The van der Waals surface area contributed by atoms with Crippen LogP contribution in [0.5, 0.6) is 0 Å². The van der Waals surface area contributed by atoms with Crippen LogP contribution < -0.4 is 5.32 Å². The maximum absolute atomic E-state index is 3.55. The SMILES string of the molecule is CC#CCCNC(C)c1cc2c(s1)CCCC2. The average molecular weight is 247 g/mol. The van der Waals surface area contributed by atoms with E-state index >= 15 is 0 Å². The summed E-state index contributed by atoms with van der Waals surface area (Å²) in [7, 11) is 0. The Morgan fingerprint density at radius 2 is 2.24 bits per heavy atom. The van der Waals surface area contributed by atoms with Gasteiger partial charge in [0.2, 0.25) is 0 Å². The van der Waals surface area contributed by atoms with Crippen LogP contribution in [0.1, 0.15) is 54.5 Å². The van der Waals surface area contributed by atoms with Crippen molar-refractivity contribution in [2.75, 3.05) is 6.54 Å². The Bertz CT molecular complexity index is 398. The van der Waals surface area contributed by atoms with Gasteiger partial charge in [-0.3, -0.25) is 0 Å². The van der Waals surface area contributed by atoms with Gasteiger partial charge < -0.3 is 5.32 Å². The van der Waals surface area contributed by atoms with Gasteiger partial charge >= 0.3 is 0 Å². The fourth-order valence-corrected chi connectivity index (χ4v) is 3.59. The Labute approximate surface area is 109 Å². The summed E-state index contributed by atoms with van der Waals surface area (Å²) >= 11 is 2.01. The molecule has 1 atom stereocenters. The summed E-state index contributed by atoms with van der Waals surface area (Å²) in [4.78, 5) is 3.13. The van der Waals surface area contributed by atoms with Gasteiger partial charge in [-0.15, -0.1) is 23.2 Å². The molecule has 0 aliphatic heterocycles. The van der Waals surface area contributed by atoms with E-state index in [1.807, 2.05) is 18.3 Å². The lowest BCUT2D eigenvalue weighted by molar-refractivity contribution is 0.592. The molecule has 1 aliphatic carbocycles. The Hall–Kier alpha value is -0.780. The second kappa shape index (κ2) is 6.23. The first-order chi connectivity index (χ1) is 8.31. The summed E-state index contributed by atoms with van der Waals surface area (Å²) in [5, 5.41) is 3.55. The minimum Gasteiger partial charge on any atom is -0.309 e. The molecule has 2 rings (SSSR count). The topological polar surface area (TPSA) is 12.0 Å². The zero-order valence-electron chi connectivity index (χ0n) is 10.8. The number of aryl methyl sites for hydroxylation is 2. The number of rotatable bonds is 4. The number of hydrogen-bond donors (Lipinski definition) is 1. The molecule has 92 valence electrons. The van der Waals surface area contributed by atoms with Gasteiger partial charge in [0.1, 0.15) is 0 Å². The van der Waals surface area contributed by atoms with E-state index in [4.69, 9.17) is 0 Å². The number of fused-ring (bicyclic) bond motifs is 1. The monoisotopic (exact) mass is 247 g/mol. The summed E-state index contributed by atoms with van der Waals surface area (Å²) in [5.41, 5.74) is 1.61. The van der Waals surface area contributed by atoms with Crippen molar-refractivity contribution in [3.8, 4) is 11.8 Å². The molecule has 0 amide bonds. The Kier molecular flexibility index (Phi) is 4.65. The first-order valence-corrected chi connectivity index (χ1v) is 7.37. The van der Waals surface area contributed by atoms with Crippen molar-refractivity contribution in [1.82, 2.24) is 5.32 Å². The Morgan fingerprint density at radius 1 is 1.41 bits per heavy atom. The fraction of sp³-hybridized carbons (Fsp3) is 0.600. The number of nitrogens with one attached hydrogen (secondary N) is 1. The van der Waals surface area contributed by atoms with Gasteiger partial charge in [-0.2, -0.15) is 0 Å². The van der Waals surface area contributed by atoms with Crippen LogP contribution in [-0.2, 0) is 12.8 Å². The third kappa shape index (κ3) is 3.34. The lowest BCUT2D eigenvalue weighted by Crippen LogP contribution is -2.18. The maximum atomic E-state index is 3.55. The lowest BCUT2D eigenvalue weighted by Gasteiger charge is -2.10. The molecule has 0 bridgehead atoms. The van der Waals surface area contributed by atoms with E-state index in [0.717, 1.165) is 13.0 Å². The van der Waals surface area contributed by atoms with Crippen molar-refractivity contribution in [2.45, 2.75) is 52.0 Å². The number of hydrogen-bond acceptors (Lipinski definition) is 2. The molecule has 1 aliphatic rings. The molecule has 0 spiro atoms. The van der Waals surface area contributed by atoms with E-state index in [-0.39, 0.29) is 0 Å². The standard InChI is InChI=1S/C15H21NS/c1-3-4-7-10-16-12(2)15-11-13-8-5-6-9-14(13)17-15/h11-12,16H,5-10H2,1-2H3. The number of thiophene rings is 1. The average Bonchev–Trinajstić information content (AvgIpc) is 2.78. The molecule has 0 saturated carbocycles. The molecule has 0 aromatic carbocycles. The third-order valence-electron chi connectivity index (χ3n) is 3.32. The van der Waals surface area contributed by atoms with Gasteiger partial charge in [-0.25, -0.2) is 0 Å². The normalized spacial score (nSPS) is 15.9. The minimum atomic E-state index is 0.476. The lowest BCUT2D eigenvalue weighted by atomic mass is 9.99. The molecule has 2 heteroatoms. The zero-order chi connectivity index (χ0) is 12.1. The molecule has 1 aromatic rings. The van der Waals surface area contributed by atoms with Crippen LogP contribution in [0.15, 0.2) is 6.07 Å². The smallest absolute Gasteiger partial charge is 0.0386 e. The molecular formula is C15H21NS. The van der Waals surface area contributed by atoms with Gasteiger partial charge in [0.05, 0.1) is 0 Å². The van der Waals surface area contributed by atoms with Gasteiger partial charge in [-0.1, -0.05) is 0 Å². The quantitative estimate of drug-likeness (QED) is 0.632. The van der Waals surface area contributed by atoms with Crippen molar-refractivity contribution >= 4 is 11.3 Å². The van der Waals surface area contributed by atoms with Crippen LogP contribution in [0.3, 0.4) is 0 Å². The zero-order valence-corrected chi connectivity index (χ0v) is 11.6. The highest BCUT2D eigenvalue weighted by Crippen LogP contribution is 2.32. The van der Waals surface area contributed by atoms with Gasteiger partial charge in [0, 0.05) is 28.8 Å². The van der Waals surface area contributed by atoms with Crippen LogP contribution in [0.25, 0.3) is 0 Å². The molecule has 1 unspecified atom stereocenters. The van der Waals surface area contributed by atoms with Crippen LogP contribution in [0.4, 0.5) is 0 Å². The molecule has 0 radical (unpaired) electrons. The van der Waals surface area contributed by atoms with E-state index < -0.39 is 0 Å². The molecule has 17 heavy (non-hydrogen) atoms. The molecule has 0 saturated heterocycles. The van der Waals surface area contributed by atoms with E-state index in [0.29, 0.717) is 6.04 Å². The summed E-state index contributed by atoms with van der Waals surface area (Å²) in [5.74, 6) is 6.03. The van der Waals surface area contributed by atoms with Crippen LogP contribution in [0, 0.1) is 11.8 Å². The highest BCUT2D eigenvalue weighted by molar-refractivity contribution is 7.12. The van der Waals surface area contributed by atoms with Crippen molar-refractivity contribution in [3.63, 3.8) is 0 Å². The minimum absolute atomic E-state index is 0.476. The first-order valence-electron chi connectivity index (χ1n) is 6.55. The predicted molar refractivity (Wildman–Crippen MR) is 75.4 cm³/mol. The highest BCUT2D eigenvalue weighted by Gasteiger charge is 2.15. The summed E-state index contributed by atoms with van der Waals surface area (Å²) < 4.78 is 0. The summed E-state index contributed by atoms with van der Waals surface area (Å²) in [6.07, 6.45) is 6.29. The molecule has 1 N–H and O–H groups in total. The van der Waals surface area contributed by atoms with Crippen LogP contribution in [0.2, 0.25) is 0 Å². The van der Waals surface area contributed by atoms with Gasteiger partial charge in [-0.05, 0) is 51.2 Å². The van der Waals surface area contributed by atoms with E-state index in [2.05, 4.69) is 30.1 Å². The van der Waals surface area contributed by atoms with Crippen molar-refractivity contribution in [2.24, 2.45) is 0 Å². The third-order valence-corrected chi connectivity index (χ3v) is 4.74. The first kappa shape index (κ1) is 12.7. The van der Waals surface area contributed by atoms with Gasteiger partial charge in [0.15, 0.2) is 0 Å². The molecule has 1 aromatic heterocycles. The largest absolute Gasteiger partial charge is 0.309 e. The van der Waals surface area contributed by atoms with Crippen molar-refractivity contribution < 1.29 is 0 Å². The van der Waals surface area contributed by atoms with Crippen LogP contribution in [-0.4, -0.2) is 6.54 Å². The summed E-state index contributed by atoms with van der Waals surface area (Å²) in [6, 6.07) is 2.90. The molecule has 1 nitrogen and oxygen atoms in total. The Balaban J connectivity index is 1.91. The van der Waals surface area contributed by atoms with Crippen molar-refractivity contribution in [1.29, 1.82) is 0 Å². The van der Waals surface area contributed by atoms with Crippen molar-refractivity contribution in [3.05, 3.63) is 21.4 Å². The summed E-state index contributed by atoms with van der Waals surface area (Å²) in [6.45, 7) is 5.15. The molecule has 1 heterocycles. The molecule has 0 fully saturated rings. The highest BCUT2D eigenvalue weighted by atomic mass is 32.1. The van der Waals surface area contributed by atoms with E-state index in [9.17, 15) is 0 Å². The second-order valence-electron chi connectivity index (χ2n) is 4.66. The fourth-order valence-electron chi connectivity index (χ4n) is 2.30. The second-order valence-corrected chi connectivity index (χ2v) is 5.83. The Morgan fingerprint density at radius 3 is 3.00 bits per heavy atom. The molecular weight excluding hydrogens is 226 g/mol. The van der Waals surface area contributed by atoms with E-state index in [1.165, 1.54) is 30.6 Å². The van der Waals surface area contributed by atoms with E-state index in [1.54, 1.807) is 10.4 Å².